The van der Waals surface area contributed by atoms with Gasteiger partial charge in [-0.05, 0) is 43.7 Å². The standard InChI is InChI=1S/C19H25NO2.C2H6/c21-15-17-13-8-6-4-2-1-3-5-7-11-16-12-9-10-14-18(16)19(22)20-17;1-2/h6,8-10,12,14-15,17H,1-5,7,11,13H2,(H,20,22);1-2H3/b8-6+;/t17-;/m0./s1. The molecule has 0 saturated heterocycles. The van der Waals surface area contributed by atoms with E-state index in [1.807, 2.05) is 44.2 Å². The molecule has 132 valence electrons. The molecule has 1 aromatic carbocycles. The number of fused-ring (bicyclic) bond motifs is 1. The summed E-state index contributed by atoms with van der Waals surface area (Å²) >= 11 is 0. The monoisotopic (exact) mass is 329 g/mol. The van der Waals surface area contributed by atoms with Crippen LogP contribution in [0, 0.1) is 0 Å². The first kappa shape index (κ1) is 20.1. The second-order valence-corrected chi connectivity index (χ2v) is 5.89. The predicted molar refractivity (Wildman–Crippen MR) is 100 cm³/mol. The Morgan fingerprint density at radius 2 is 1.71 bits per heavy atom. The van der Waals surface area contributed by atoms with Gasteiger partial charge in [0.15, 0.2) is 0 Å². The van der Waals surface area contributed by atoms with Crippen molar-refractivity contribution in [2.24, 2.45) is 0 Å². The van der Waals surface area contributed by atoms with Crippen LogP contribution in [0.1, 0.15) is 74.7 Å². The molecule has 0 unspecified atom stereocenters. The molecule has 0 saturated carbocycles. The van der Waals surface area contributed by atoms with E-state index in [2.05, 4.69) is 11.4 Å². The molecular formula is C21H31NO2. The third-order valence-corrected chi connectivity index (χ3v) is 4.12. The van der Waals surface area contributed by atoms with E-state index in [9.17, 15) is 9.59 Å². The highest BCUT2D eigenvalue weighted by Crippen LogP contribution is 2.15. The van der Waals surface area contributed by atoms with Gasteiger partial charge in [-0.3, -0.25) is 4.79 Å². The largest absolute Gasteiger partial charge is 0.342 e. The van der Waals surface area contributed by atoms with Gasteiger partial charge in [-0.15, -0.1) is 0 Å². The van der Waals surface area contributed by atoms with Gasteiger partial charge >= 0.3 is 0 Å². The minimum atomic E-state index is -0.443. The molecule has 0 spiro atoms. The Kier molecular flexibility index (Phi) is 10.5. The second-order valence-electron chi connectivity index (χ2n) is 5.89. The van der Waals surface area contributed by atoms with Crippen LogP contribution in [0.3, 0.4) is 0 Å². The van der Waals surface area contributed by atoms with Gasteiger partial charge in [0, 0.05) is 5.56 Å². The molecule has 3 nitrogen and oxygen atoms in total. The number of aldehydes is 1. The van der Waals surface area contributed by atoms with E-state index in [-0.39, 0.29) is 5.91 Å². The van der Waals surface area contributed by atoms with Crippen molar-refractivity contribution in [3.8, 4) is 0 Å². The van der Waals surface area contributed by atoms with Crippen molar-refractivity contribution in [3.05, 3.63) is 47.5 Å². The van der Waals surface area contributed by atoms with Crippen LogP contribution in [0.25, 0.3) is 0 Å². The highest BCUT2D eigenvalue weighted by molar-refractivity contribution is 5.97. The first-order valence-electron chi connectivity index (χ1n) is 9.30. The molecule has 1 atom stereocenters. The number of amides is 1. The Labute approximate surface area is 146 Å². The quantitative estimate of drug-likeness (QED) is 0.591. The zero-order valence-corrected chi connectivity index (χ0v) is 15.1. The first-order valence-corrected chi connectivity index (χ1v) is 9.30. The van der Waals surface area contributed by atoms with Gasteiger partial charge in [0.05, 0.1) is 6.04 Å². The number of hydrogen-bond acceptors (Lipinski definition) is 2. The Morgan fingerprint density at radius 1 is 1.00 bits per heavy atom. The highest BCUT2D eigenvalue weighted by atomic mass is 16.2. The lowest BCUT2D eigenvalue weighted by molar-refractivity contribution is -0.109. The average molecular weight is 329 g/mol. The Hall–Kier alpha value is -1.90. The van der Waals surface area contributed by atoms with Crippen LogP contribution in [0.5, 0.6) is 0 Å². The molecule has 1 aliphatic rings. The summed E-state index contributed by atoms with van der Waals surface area (Å²) in [6, 6.07) is 7.27. The highest BCUT2D eigenvalue weighted by Gasteiger charge is 2.14. The van der Waals surface area contributed by atoms with Gasteiger partial charge in [-0.25, -0.2) is 0 Å². The molecule has 1 aliphatic heterocycles. The van der Waals surface area contributed by atoms with Crippen molar-refractivity contribution in [1.82, 2.24) is 5.32 Å². The van der Waals surface area contributed by atoms with E-state index in [1.54, 1.807) is 0 Å². The van der Waals surface area contributed by atoms with Crippen molar-refractivity contribution in [2.75, 3.05) is 0 Å². The first-order chi connectivity index (χ1) is 11.8. The molecular weight excluding hydrogens is 298 g/mol. The summed E-state index contributed by atoms with van der Waals surface area (Å²) in [6.45, 7) is 4.00. The number of allylic oxidation sites excluding steroid dienone is 1. The van der Waals surface area contributed by atoms with Crippen molar-refractivity contribution >= 4 is 12.2 Å². The van der Waals surface area contributed by atoms with Gasteiger partial charge in [-0.1, -0.05) is 63.5 Å². The number of carbonyl (C=O) groups is 2. The number of hydrogen-bond donors (Lipinski definition) is 1. The Morgan fingerprint density at radius 3 is 2.50 bits per heavy atom. The van der Waals surface area contributed by atoms with E-state index in [1.165, 1.54) is 25.7 Å². The average Bonchev–Trinajstić information content (AvgIpc) is 2.64. The van der Waals surface area contributed by atoms with E-state index in [0.29, 0.717) is 12.0 Å². The third-order valence-electron chi connectivity index (χ3n) is 4.12. The Balaban J connectivity index is 0.00000139. The van der Waals surface area contributed by atoms with Crippen molar-refractivity contribution in [1.29, 1.82) is 0 Å². The summed E-state index contributed by atoms with van der Waals surface area (Å²) in [6.07, 6.45) is 13.5. The summed E-state index contributed by atoms with van der Waals surface area (Å²) in [5.41, 5.74) is 1.78. The van der Waals surface area contributed by atoms with Gasteiger partial charge in [0.2, 0.25) is 0 Å². The molecule has 1 amide bonds. The summed E-state index contributed by atoms with van der Waals surface area (Å²) in [7, 11) is 0. The molecule has 0 fully saturated rings. The molecule has 1 N–H and O–H groups in total. The molecule has 0 radical (unpaired) electrons. The molecule has 1 aromatic rings. The number of rotatable bonds is 1. The molecule has 24 heavy (non-hydrogen) atoms. The predicted octanol–water partition coefficient (Wildman–Crippen LogP) is 4.85. The van der Waals surface area contributed by atoms with E-state index >= 15 is 0 Å². The summed E-state index contributed by atoms with van der Waals surface area (Å²) in [5, 5.41) is 2.83. The van der Waals surface area contributed by atoms with E-state index in [0.717, 1.165) is 31.1 Å². The number of benzene rings is 1. The topological polar surface area (TPSA) is 46.2 Å². The fourth-order valence-corrected chi connectivity index (χ4v) is 2.82. The van der Waals surface area contributed by atoms with Crippen molar-refractivity contribution in [3.63, 3.8) is 0 Å². The maximum Gasteiger partial charge on any atom is 0.252 e. The van der Waals surface area contributed by atoms with Crippen molar-refractivity contribution in [2.45, 2.75) is 71.3 Å². The maximum absolute atomic E-state index is 12.4. The number of carbonyl (C=O) groups excluding carboxylic acids is 2. The number of nitrogens with one attached hydrogen (secondary N) is 1. The lowest BCUT2D eigenvalue weighted by Crippen LogP contribution is -2.36. The summed E-state index contributed by atoms with van der Waals surface area (Å²) in [5.74, 6) is -0.143. The summed E-state index contributed by atoms with van der Waals surface area (Å²) in [4.78, 5) is 23.6. The summed E-state index contributed by atoms with van der Waals surface area (Å²) < 4.78 is 0. The third kappa shape index (κ3) is 7.12. The fourth-order valence-electron chi connectivity index (χ4n) is 2.82. The smallest absolute Gasteiger partial charge is 0.252 e. The molecule has 0 aliphatic carbocycles. The van der Waals surface area contributed by atoms with Crippen LogP contribution in [-0.2, 0) is 11.2 Å². The van der Waals surface area contributed by atoms with Gasteiger partial charge in [0.1, 0.15) is 6.29 Å². The SMILES string of the molecule is CC.O=C[C@@H]1C/C=C/CCCCCCCc2ccccc2C(=O)N1. The van der Waals surface area contributed by atoms with Gasteiger partial charge < -0.3 is 10.1 Å². The molecule has 0 bridgehead atoms. The van der Waals surface area contributed by atoms with Crippen LogP contribution < -0.4 is 5.32 Å². The fraction of sp³-hybridized carbons (Fsp3) is 0.524. The van der Waals surface area contributed by atoms with Crippen LogP contribution >= 0.6 is 0 Å². The maximum atomic E-state index is 12.4. The van der Waals surface area contributed by atoms with Gasteiger partial charge in [0.25, 0.3) is 5.91 Å². The van der Waals surface area contributed by atoms with E-state index < -0.39 is 6.04 Å². The lowest BCUT2D eigenvalue weighted by Gasteiger charge is -2.13. The van der Waals surface area contributed by atoms with Crippen molar-refractivity contribution < 1.29 is 9.59 Å². The Bertz CT molecular complexity index is 522. The molecule has 2 rings (SSSR count). The molecule has 0 aromatic heterocycles. The minimum Gasteiger partial charge on any atom is -0.342 e. The van der Waals surface area contributed by atoms with Crippen LogP contribution in [0.2, 0.25) is 0 Å². The van der Waals surface area contributed by atoms with Crippen LogP contribution in [0.4, 0.5) is 0 Å². The normalized spacial score (nSPS) is 20.9. The van der Waals surface area contributed by atoms with Crippen LogP contribution in [-0.4, -0.2) is 18.2 Å². The molecule has 3 heteroatoms. The number of aryl methyl sites for hydroxylation is 1. The zero-order valence-electron chi connectivity index (χ0n) is 15.1. The van der Waals surface area contributed by atoms with Crippen LogP contribution in [0.15, 0.2) is 36.4 Å². The molecule has 1 heterocycles. The minimum absolute atomic E-state index is 0.143. The lowest BCUT2D eigenvalue weighted by atomic mass is 9.99. The van der Waals surface area contributed by atoms with Gasteiger partial charge in [-0.2, -0.15) is 0 Å². The zero-order chi connectivity index (χ0) is 17.6. The second kappa shape index (κ2) is 12.5. The van der Waals surface area contributed by atoms with E-state index in [4.69, 9.17) is 0 Å².